The van der Waals surface area contributed by atoms with Crippen LogP contribution in [0, 0.1) is 0 Å². The third-order valence-corrected chi connectivity index (χ3v) is 10.1. The quantitative estimate of drug-likeness (QED) is 0.184. The molecule has 4 nitrogen and oxygen atoms in total. The van der Waals surface area contributed by atoms with Crippen LogP contribution in [-0.2, 0) is 0 Å². The monoisotopic (exact) mass is 664 g/mol. The van der Waals surface area contributed by atoms with Crippen molar-refractivity contribution in [3.63, 3.8) is 0 Å². The van der Waals surface area contributed by atoms with E-state index >= 15 is 0 Å². The van der Waals surface area contributed by atoms with Crippen molar-refractivity contribution in [2.24, 2.45) is 0 Å². The molecule has 10 aromatic rings. The predicted molar refractivity (Wildman–Crippen MR) is 209 cm³/mol. The molecule has 0 N–H and O–H groups in total. The number of benzene rings is 7. The van der Waals surface area contributed by atoms with Crippen LogP contribution in [0.15, 0.2) is 170 Å². The normalized spacial score (nSPS) is 13.8. The molecule has 0 spiro atoms. The van der Waals surface area contributed by atoms with Crippen molar-refractivity contribution in [1.29, 1.82) is 0 Å². The topological polar surface area (TPSA) is 43.6 Å². The standard InChI is InChI=1S/C45H28N4S/c1-3-14-29(15-4-1)43-46-44(30-16-5-2-6-17-30)48-45(47-43)31-26-27-34(36-21-13-22-37-35-20-9-12-25-41(35)50-42(36)37)40(28-31)49-38-23-10-7-18-32(38)33-19-8-11-24-39(33)49/h1-28H/i7D,8D,10D,11D,18D,19D,23D,24D. The van der Waals surface area contributed by atoms with Crippen LogP contribution >= 0.6 is 11.3 Å². The molecule has 7 aromatic carbocycles. The van der Waals surface area contributed by atoms with Crippen molar-refractivity contribution in [2.75, 3.05) is 0 Å². The number of rotatable bonds is 5. The third kappa shape index (κ3) is 4.63. The van der Waals surface area contributed by atoms with E-state index in [0.717, 1.165) is 36.9 Å². The largest absolute Gasteiger partial charge is 0.309 e. The lowest BCUT2D eigenvalue weighted by Gasteiger charge is -2.17. The van der Waals surface area contributed by atoms with Crippen LogP contribution in [0.5, 0.6) is 0 Å². The van der Waals surface area contributed by atoms with Crippen molar-refractivity contribution < 1.29 is 11.0 Å². The van der Waals surface area contributed by atoms with E-state index < -0.39 is 36.3 Å². The molecule has 0 radical (unpaired) electrons. The lowest BCUT2D eigenvalue weighted by Crippen LogP contribution is -2.02. The Balaban J connectivity index is 1.37. The minimum Gasteiger partial charge on any atom is -0.309 e. The van der Waals surface area contributed by atoms with Crippen LogP contribution in [0.3, 0.4) is 0 Å². The summed E-state index contributed by atoms with van der Waals surface area (Å²) in [5, 5.41) is 2.14. The number of fused-ring (bicyclic) bond motifs is 6. The predicted octanol–water partition coefficient (Wildman–Crippen LogP) is 12.0. The second-order valence-corrected chi connectivity index (χ2v) is 12.9. The van der Waals surface area contributed by atoms with Crippen LogP contribution in [0.1, 0.15) is 11.0 Å². The maximum atomic E-state index is 9.28. The van der Waals surface area contributed by atoms with Crippen molar-refractivity contribution in [2.45, 2.75) is 0 Å². The zero-order valence-electron chi connectivity index (χ0n) is 34.2. The molecule has 0 aliphatic rings. The first-order chi connectivity index (χ1) is 28.1. The van der Waals surface area contributed by atoms with Gasteiger partial charge < -0.3 is 4.57 Å². The van der Waals surface area contributed by atoms with E-state index in [2.05, 4.69) is 18.2 Å². The van der Waals surface area contributed by atoms with Gasteiger partial charge in [-0.25, -0.2) is 15.0 Å². The fourth-order valence-corrected chi connectivity index (χ4v) is 7.87. The van der Waals surface area contributed by atoms with Gasteiger partial charge in [-0.1, -0.05) is 145 Å². The van der Waals surface area contributed by atoms with E-state index in [-0.39, 0.29) is 33.9 Å². The van der Waals surface area contributed by atoms with Gasteiger partial charge in [-0.05, 0) is 24.2 Å². The van der Waals surface area contributed by atoms with E-state index in [1.165, 1.54) is 0 Å². The molecule has 0 fully saturated rings. The molecule has 5 heteroatoms. The summed E-state index contributed by atoms with van der Waals surface area (Å²) in [7, 11) is 0. The molecule has 0 atom stereocenters. The molecule has 0 aliphatic heterocycles. The highest BCUT2D eigenvalue weighted by molar-refractivity contribution is 7.26. The summed E-state index contributed by atoms with van der Waals surface area (Å²) in [6.45, 7) is 0. The molecule has 234 valence electrons. The Morgan fingerprint density at radius 1 is 0.460 bits per heavy atom. The van der Waals surface area contributed by atoms with Gasteiger partial charge in [0.1, 0.15) is 0 Å². The van der Waals surface area contributed by atoms with Crippen LogP contribution < -0.4 is 0 Å². The van der Waals surface area contributed by atoms with Crippen LogP contribution in [-0.4, -0.2) is 19.5 Å². The van der Waals surface area contributed by atoms with E-state index in [0.29, 0.717) is 34.3 Å². The molecular weight excluding hydrogens is 629 g/mol. The first kappa shape index (κ1) is 21.5. The van der Waals surface area contributed by atoms with Crippen molar-refractivity contribution in [1.82, 2.24) is 19.5 Å². The average molecular weight is 665 g/mol. The first-order valence-electron chi connectivity index (χ1n) is 20.1. The first-order valence-corrected chi connectivity index (χ1v) is 16.9. The molecule has 0 saturated carbocycles. The maximum absolute atomic E-state index is 9.28. The summed E-state index contributed by atoms with van der Waals surface area (Å²) in [5.41, 5.74) is 4.09. The minimum absolute atomic E-state index is 0.00214. The van der Waals surface area contributed by atoms with Gasteiger partial charge >= 0.3 is 0 Å². The third-order valence-electron chi connectivity index (χ3n) is 8.92. The molecule has 50 heavy (non-hydrogen) atoms. The Bertz CT molecular complexity index is 3200. The second-order valence-electron chi connectivity index (χ2n) is 11.8. The Morgan fingerprint density at radius 3 is 1.68 bits per heavy atom. The lowest BCUT2D eigenvalue weighted by molar-refractivity contribution is 1.07. The van der Waals surface area contributed by atoms with Crippen LogP contribution in [0.4, 0.5) is 0 Å². The second kappa shape index (κ2) is 11.6. The Labute approximate surface area is 303 Å². The fraction of sp³-hybridized carbons (Fsp3) is 0. The molecule has 3 aromatic heterocycles. The van der Waals surface area contributed by atoms with Crippen LogP contribution in [0.2, 0.25) is 0 Å². The maximum Gasteiger partial charge on any atom is 0.164 e. The molecule has 0 bridgehead atoms. The zero-order valence-corrected chi connectivity index (χ0v) is 27.1. The Kier molecular flexibility index (Phi) is 5.00. The smallest absolute Gasteiger partial charge is 0.164 e. The number of nitrogens with zero attached hydrogens (tertiary/aromatic N) is 4. The zero-order chi connectivity index (χ0) is 40.0. The van der Waals surface area contributed by atoms with Crippen LogP contribution in [0.25, 0.3) is 93.0 Å². The van der Waals surface area contributed by atoms with Crippen molar-refractivity contribution in [3.8, 4) is 51.0 Å². The minimum atomic E-state index is -0.500. The van der Waals surface area contributed by atoms with Crippen molar-refractivity contribution >= 4 is 53.3 Å². The molecular formula is C45H28N4S. The number of aromatic nitrogens is 4. The van der Waals surface area contributed by atoms with Gasteiger partial charge in [0, 0.05) is 58.8 Å². The van der Waals surface area contributed by atoms with Gasteiger partial charge in [0.05, 0.1) is 27.7 Å². The van der Waals surface area contributed by atoms with Gasteiger partial charge in [0.25, 0.3) is 0 Å². The fourth-order valence-electron chi connectivity index (χ4n) is 6.64. The van der Waals surface area contributed by atoms with Gasteiger partial charge in [-0.15, -0.1) is 11.3 Å². The Morgan fingerprint density at radius 2 is 1.02 bits per heavy atom. The summed E-state index contributed by atoms with van der Waals surface area (Å²) in [6.07, 6.45) is 0. The van der Waals surface area contributed by atoms with E-state index in [1.54, 1.807) is 15.9 Å². The number of hydrogen-bond donors (Lipinski definition) is 0. The van der Waals surface area contributed by atoms with Gasteiger partial charge in [0.2, 0.25) is 0 Å². The van der Waals surface area contributed by atoms with Crippen molar-refractivity contribution in [3.05, 3.63) is 170 Å². The van der Waals surface area contributed by atoms with E-state index in [4.69, 9.17) is 23.2 Å². The van der Waals surface area contributed by atoms with E-state index in [1.807, 2.05) is 103 Å². The highest BCUT2D eigenvalue weighted by Gasteiger charge is 2.20. The lowest BCUT2D eigenvalue weighted by atomic mass is 9.98. The summed E-state index contributed by atoms with van der Waals surface area (Å²) in [6, 6.07) is 35.5. The molecule has 0 saturated heterocycles. The number of thiophene rings is 1. The average Bonchev–Trinajstić information content (AvgIpc) is 3.84. The molecule has 3 heterocycles. The van der Waals surface area contributed by atoms with E-state index in [9.17, 15) is 2.74 Å². The molecule has 10 rings (SSSR count). The summed E-state index contributed by atoms with van der Waals surface area (Å²) < 4.78 is 75.1. The summed E-state index contributed by atoms with van der Waals surface area (Å²) >= 11 is 1.63. The highest BCUT2D eigenvalue weighted by atomic mass is 32.1. The highest BCUT2D eigenvalue weighted by Crippen LogP contribution is 2.44. The van der Waals surface area contributed by atoms with Gasteiger partial charge in [-0.2, -0.15) is 0 Å². The molecule has 0 unspecified atom stereocenters. The van der Waals surface area contributed by atoms with Gasteiger partial charge in [-0.3, -0.25) is 0 Å². The van der Waals surface area contributed by atoms with Gasteiger partial charge in [0.15, 0.2) is 17.5 Å². The number of para-hydroxylation sites is 2. The SMILES string of the molecule is [2H]c1c([2H])c([2H])c2c(c1[2H])c1c([2H])c([2H])c([2H])c([2H])c1n2-c1cc(-c2nc(-c3ccccc3)nc(-c3ccccc3)n2)ccc1-c1cccc2c1sc1ccccc12. The number of hydrogen-bond acceptors (Lipinski definition) is 4. The Hall–Kier alpha value is -6.43. The summed E-state index contributed by atoms with van der Waals surface area (Å²) in [5.74, 6) is 1.24. The molecule has 0 aliphatic carbocycles. The summed E-state index contributed by atoms with van der Waals surface area (Å²) in [4.78, 5) is 14.8. The molecule has 0 amide bonds.